The maximum absolute atomic E-state index is 13.9. The number of benzene rings is 1. The van der Waals surface area contributed by atoms with Gasteiger partial charge in [0.05, 0.1) is 18.7 Å². The average Bonchev–Trinajstić information content (AvgIpc) is 3.76. The number of amides is 2. The molecular formula is C30H35ClFN7O5S. The van der Waals surface area contributed by atoms with Gasteiger partial charge in [-0.15, -0.1) is 11.3 Å². The first-order chi connectivity index (χ1) is 21.5. The molecule has 0 aliphatic carbocycles. The van der Waals surface area contributed by atoms with Gasteiger partial charge in [-0.25, -0.2) is 19.0 Å². The Kier molecular flexibility index (Phi) is 8.83. The van der Waals surface area contributed by atoms with E-state index in [0.29, 0.717) is 61.2 Å². The Bertz CT molecular complexity index is 1550. The van der Waals surface area contributed by atoms with Gasteiger partial charge in [-0.3, -0.25) is 19.6 Å². The average molecular weight is 660 g/mol. The standard InChI is InChI=1S/C30H35ClFN7O5S/c1-16(2)38-13-18(11-23(38)29(42)44-3)39-14-19-12-36(7-8-37(19)30(39)43)15-22-24(28(40)41)25(20-5-4-17(32)10-21(20)31)35-26(34-22)27-33-6-9-45-27/h4-6,9-10,16,18-19,23,25H,7-8,11-15H2,1-3H3,(H,34,35)(H,40,41)/t18-,19+,23+,25?/m1/s1. The lowest BCUT2D eigenvalue weighted by Crippen LogP contribution is -2.53. The molecule has 2 amide bonds. The molecule has 2 aromatic rings. The second-order valence-electron chi connectivity index (χ2n) is 11.9. The number of likely N-dealkylation sites (tertiary alicyclic amines) is 1. The number of carboxylic acid groups (broad SMARTS) is 1. The van der Waals surface area contributed by atoms with Crippen molar-refractivity contribution in [1.82, 2.24) is 29.9 Å². The second-order valence-corrected chi connectivity index (χ2v) is 13.2. The Morgan fingerprint density at radius 3 is 2.67 bits per heavy atom. The molecular weight excluding hydrogens is 625 g/mol. The number of rotatable bonds is 8. The summed E-state index contributed by atoms with van der Waals surface area (Å²) in [6.07, 6.45) is 2.16. The quantitative estimate of drug-likeness (QED) is 0.411. The van der Waals surface area contributed by atoms with E-state index < -0.39 is 23.9 Å². The molecule has 12 nitrogen and oxygen atoms in total. The van der Waals surface area contributed by atoms with E-state index in [1.807, 2.05) is 23.6 Å². The summed E-state index contributed by atoms with van der Waals surface area (Å²) >= 11 is 7.77. The number of carboxylic acids is 1. The highest BCUT2D eigenvalue weighted by molar-refractivity contribution is 7.11. The number of aliphatic carboxylic acids is 1. The Hall–Kier alpha value is -3.59. The maximum Gasteiger partial charge on any atom is 0.335 e. The molecule has 4 aliphatic heterocycles. The molecule has 4 atom stereocenters. The van der Waals surface area contributed by atoms with Crippen LogP contribution in [0, 0.1) is 5.82 Å². The monoisotopic (exact) mass is 659 g/mol. The van der Waals surface area contributed by atoms with Crippen LogP contribution in [-0.2, 0) is 14.3 Å². The maximum atomic E-state index is 13.9. The highest BCUT2D eigenvalue weighted by Crippen LogP contribution is 2.37. The van der Waals surface area contributed by atoms with Crippen LogP contribution in [0.5, 0.6) is 0 Å². The number of methoxy groups -OCH3 is 1. The van der Waals surface area contributed by atoms with Crippen molar-refractivity contribution in [3.8, 4) is 0 Å². The summed E-state index contributed by atoms with van der Waals surface area (Å²) in [6, 6.07) is 2.36. The SMILES string of the molecule is COC(=O)[C@@H]1C[C@@H](N2C[C@@H]3CN(CC4=C(C(=O)O)C(c5ccc(F)cc5Cl)N=C(c5nccs5)N4)CCN3C2=O)CN1C(C)C. The lowest BCUT2D eigenvalue weighted by atomic mass is 9.95. The minimum Gasteiger partial charge on any atom is -0.478 e. The number of halogens is 2. The number of ether oxygens (including phenoxy) is 1. The fourth-order valence-electron chi connectivity index (χ4n) is 6.84. The van der Waals surface area contributed by atoms with Crippen LogP contribution in [0.4, 0.5) is 9.18 Å². The Morgan fingerprint density at radius 1 is 1.20 bits per heavy atom. The van der Waals surface area contributed by atoms with E-state index >= 15 is 0 Å². The molecule has 1 unspecified atom stereocenters. The summed E-state index contributed by atoms with van der Waals surface area (Å²) in [6.45, 7) is 6.98. The predicted molar refractivity (Wildman–Crippen MR) is 166 cm³/mol. The molecule has 0 saturated carbocycles. The van der Waals surface area contributed by atoms with Crippen LogP contribution >= 0.6 is 22.9 Å². The number of carbonyl (C=O) groups is 3. The third kappa shape index (κ3) is 6.03. The van der Waals surface area contributed by atoms with Gasteiger partial charge in [0.2, 0.25) is 0 Å². The number of aromatic nitrogens is 1. The zero-order valence-electron chi connectivity index (χ0n) is 25.2. The number of urea groups is 1. The fraction of sp³-hybridized carbons (Fsp3) is 0.500. The summed E-state index contributed by atoms with van der Waals surface area (Å²) in [5, 5.41) is 16.1. The van der Waals surface area contributed by atoms with E-state index in [9.17, 15) is 23.9 Å². The van der Waals surface area contributed by atoms with E-state index in [-0.39, 0.29) is 47.3 Å². The number of fused-ring (bicyclic) bond motifs is 1. The zero-order valence-corrected chi connectivity index (χ0v) is 26.7. The van der Waals surface area contributed by atoms with E-state index in [4.69, 9.17) is 16.3 Å². The molecule has 3 saturated heterocycles. The van der Waals surface area contributed by atoms with E-state index in [1.165, 1.54) is 30.6 Å². The highest BCUT2D eigenvalue weighted by atomic mass is 35.5. The molecule has 5 heterocycles. The highest BCUT2D eigenvalue weighted by Gasteiger charge is 2.48. The Morgan fingerprint density at radius 2 is 2.00 bits per heavy atom. The summed E-state index contributed by atoms with van der Waals surface area (Å²) in [7, 11) is 1.39. The smallest absolute Gasteiger partial charge is 0.335 e. The molecule has 45 heavy (non-hydrogen) atoms. The van der Waals surface area contributed by atoms with E-state index in [1.54, 1.807) is 11.6 Å². The van der Waals surface area contributed by atoms with Crippen LogP contribution < -0.4 is 5.32 Å². The number of hydrogen-bond acceptors (Lipinski definition) is 10. The number of esters is 1. The number of aliphatic imine (C=N–C) groups is 1. The Labute approximate surface area is 269 Å². The third-order valence-electron chi connectivity index (χ3n) is 8.99. The van der Waals surface area contributed by atoms with Gasteiger partial charge >= 0.3 is 18.0 Å². The number of nitrogens with zero attached hydrogens (tertiary/aromatic N) is 6. The third-order valence-corrected chi connectivity index (χ3v) is 10.1. The van der Waals surface area contributed by atoms with Crippen molar-refractivity contribution in [1.29, 1.82) is 0 Å². The topological polar surface area (TPSA) is 131 Å². The van der Waals surface area contributed by atoms with Crippen molar-refractivity contribution < 1.29 is 28.6 Å². The zero-order chi connectivity index (χ0) is 32.0. The van der Waals surface area contributed by atoms with Crippen molar-refractivity contribution in [3.63, 3.8) is 0 Å². The summed E-state index contributed by atoms with van der Waals surface area (Å²) in [4.78, 5) is 55.8. The Balaban J connectivity index is 1.23. The van der Waals surface area contributed by atoms with Crippen molar-refractivity contribution in [3.05, 3.63) is 62.5 Å². The largest absolute Gasteiger partial charge is 0.478 e. The van der Waals surface area contributed by atoms with Gasteiger partial charge in [0.25, 0.3) is 0 Å². The fourth-order valence-corrected chi connectivity index (χ4v) is 7.70. The van der Waals surface area contributed by atoms with Crippen molar-refractivity contribution in [2.75, 3.05) is 46.4 Å². The molecule has 2 N–H and O–H groups in total. The molecule has 0 bridgehead atoms. The van der Waals surface area contributed by atoms with Gasteiger partial charge in [-0.1, -0.05) is 17.7 Å². The van der Waals surface area contributed by atoms with Crippen molar-refractivity contribution >= 4 is 46.7 Å². The van der Waals surface area contributed by atoms with Gasteiger partial charge in [-0.05, 0) is 32.4 Å². The first-order valence-electron chi connectivity index (χ1n) is 14.8. The van der Waals surface area contributed by atoms with E-state index in [2.05, 4.69) is 25.1 Å². The summed E-state index contributed by atoms with van der Waals surface area (Å²) in [5.74, 6) is -1.57. The van der Waals surface area contributed by atoms with Gasteiger partial charge in [0, 0.05) is 79.2 Å². The number of carbonyl (C=O) groups excluding carboxylic acids is 2. The second kappa shape index (κ2) is 12.7. The molecule has 1 aromatic carbocycles. The molecule has 0 radical (unpaired) electrons. The van der Waals surface area contributed by atoms with E-state index in [0.717, 1.165) is 6.07 Å². The van der Waals surface area contributed by atoms with Crippen molar-refractivity contribution in [2.24, 2.45) is 4.99 Å². The van der Waals surface area contributed by atoms with Gasteiger partial charge in [-0.2, -0.15) is 0 Å². The van der Waals surface area contributed by atoms with Crippen LogP contribution in [0.25, 0.3) is 0 Å². The molecule has 15 heteroatoms. The lowest BCUT2D eigenvalue weighted by molar-refractivity contribution is -0.146. The predicted octanol–water partition coefficient (Wildman–Crippen LogP) is 2.81. The van der Waals surface area contributed by atoms with Gasteiger partial charge in [0.15, 0.2) is 10.8 Å². The van der Waals surface area contributed by atoms with Crippen LogP contribution in [0.3, 0.4) is 0 Å². The van der Waals surface area contributed by atoms with Crippen molar-refractivity contribution in [2.45, 2.75) is 50.5 Å². The molecule has 240 valence electrons. The minimum atomic E-state index is -1.17. The minimum absolute atomic E-state index is 0.0175. The first kappa shape index (κ1) is 31.4. The molecule has 3 fully saturated rings. The number of amidine groups is 1. The number of thiazole rings is 1. The van der Waals surface area contributed by atoms with Crippen LogP contribution in [0.1, 0.15) is 36.9 Å². The van der Waals surface area contributed by atoms with Crippen LogP contribution in [0.15, 0.2) is 46.0 Å². The summed E-state index contributed by atoms with van der Waals surface area (Å²) < 4.78 is 19.0. The molecule has 1 aromatic heterocycles. The van der Waals surface area contributed by atoms with Crippen LogP contribution in [-0.4, -0.2) is 124 Å². The normalized spacial score (nSPS) is 25.9. The summed E-state index contributed by atoms with van der Waals surface area (Å²) in [5.41, 5.74) is 0.832. The van der Waals surface area contributed by atoms with Gasteiger partial charge < -0.3 is 25.0 Å². The van der Waals surface area contributed by atoms with Gasteiger partial charge in [0.1, 0.15) is 17.9 Å². The molecule has 0 spiro atoms. The number of hydrogen-bond donors (Lipinski definition) is 2. The number of nitrogens with one attached hydrogen (secondary N) is 1. The molecule has 4 aliphatic rings. The van der Waals surface area contributed by atoms with Crippen LogP contribution in [0.2, 0.25) is 5.02 Å². The first-order valence-corrected chi connectivity index (χ1v) is 16.1. The number of piperazine rings is 1. The lowest BCUT2D eigenvalue weighted by Gasteiger charge is -2.38. The molecule has 6 rings (SSSR count).